The maximum atomic E-state index is 13.1. The maximum absolute atomic E-state index is 13.1. The molecule has 0 spiro atoms. The van der Waals surface area contributed by atoms with Crippen molar-refractivity contribution in [1.29, 1.82) is 0 Å². The summed E-state index contributed by atoms with van der Waals surface area (Å²) in [6.45, 7) is 4.40. The fourth-order valence-electron chi connectivity index (χ4n) is 3.35. The molecule has 6 nitrogen and oxygen atoms in total. The number of hydrogen-bond donors (Lipinski definition) is 1. The van der Waals surface area contributed by atoms with E-state index in [1.807, 2.05) is 29.2 Å². The number of hydrogen-bond acceptors (Lipinski definition) is 5. The number of nitrogens with zero attached hydrogens (tertiary/aromatic N) is 4. The molecule has 0 aliphatic carbocycles. The molecular weight excluding hydrogens is 346 g/mol. The number of aromatic nitrogens is 3. The van der Waals surface area contributed by atoms with E-state index in [-0.39, 0.29) is 5.91 Å². The second-order valence-electron chi connectivity index (χ2n) is 6.43. The molecule has 2 aromatic heterocycles. The van der Waals surface area contributed by atoms with Gasteiger partial charge >= 0.3 is 0 Å². The molecule has 1 saturated heterocycles. The van der Waals surface area contributed by atoms with Crippen molar-refractivity contribution in [1.82, 2.24) is 25.0 Å². The van der Waals surface area contributed by atoms with Gasteiger partial charge in [0.15, 0.2) is 5.82 Å². The predicted molar refractivity (Wildman–Crippen MR) is 102 cm³/mol. The molecule has 0 radical (unpaired) electrons. The van der Waals surface area contributed by atoms with E-state index in [4.69, 9.17) is 0 Å². The highest BCUT2D eigenvalue weighted by Crippen LogP contribution is 2.22. The molecule has 1 aromatic carbocycles. The number of carbonyl (C=O) groups is 1. The molecular formula is C19H21N5OS. The zero-order valence-electron chi connectivity index (χ0n) is 14.5. The van der Waals surface area contributed by atoms with Gasteiger partial charge in [0, 0.05) is 38.3 Å². The van der Waals surface area contributed by atoms with Crippen LogP contribution in [-0.2, 0) is 6.54 Å². The molecule has 1 amide bonds. The molecule has 3 heterocycles. The first-order chi connectivity index (χ1) is 12.8. The third kappa shape index (κ3) is 3.68. The zero-order valence-corrected chi connectivity index (χ0v) is 15.3. The molecule has 1 N–H and O–H groups in total. The summed E-state index contributed by atoms with van der Waals surface area (Å²) >= 11 is 1.73. The summed E-state index contributed by atoms with van der Waals surface area (Å²) in [5.74, 6) is 0.692. The van der Waals surface area contributed by atoms with E-state index < -0.39 is 0 Å². The van der Waals surface area contributed by atoms with Crippen LogP contribution in [0.2, 0.25) is 0 Å². The highest BCUT2D eigenvalue weighted by molar-refractivity contribution is 7.07. The molecule has 1 aliphatic rings. The molecule has 0 atom stereocenters. The molecule has 0 unspecified atom stereocenters. The highest BCUT2D eigenvalue weighted by Gasteiger charge is 2.23. The molecule has 1 fully saturated rings. The minimum Gasteiger partial charge on any atom is -0.337 e. The summed E-state index contributed by atoms with van der Waals surface area (Å²) in [7, 11) is 0. The minimum atomic E-state index is 0.0642. The van der Waals surface area contributed by atoms with Crippen molar-refractivity contribution in [2.45, 2.75) is 13.0 Å². The number of H-pyrrole nitrogens is 1. The van der Waals surface area contributed by atoms with E-state index in [1.54, 1.807) is 11.3 Å². The Labute approximate surface area is 156 Å². The Morgan fingerprint density at radius 1 is 1.15 bits per heavy atom. The van der Waals surface area contributed by atoms with E-state index in [9.17, 15) is 4.79 Å². The Balaban J connectivity index is 1.47. The van der Waals surface area contributed by atoms with E-state index in [2.05, 4.69) is 36.9 Å². The second-order valence-corrected chi connectivity index (χ2v) is 7.21. The fraction of sp³-hybridized carbons (Fsp3) is 0.316. The van der Waals surface area contributed by atoms with Crippen molar-refractivity contribution < 1.29 is 4.79 Å². The van der Waals surface area contributed by atoms with Crippen molar-refractivity contribution in [3.05, 3.63) is 58.5 Å². The molecule has 134 valence electrons. The van der Waals surface area contributed by atoms with E-state index in [1.165, 1.54) is 11.9 Å². The minimum absolute atomic E-state index is 0.0642. The van der Waals surface area contributed by atoms with Gasteiger partial charge in [-0.3, -0.25) is 14.8 Å². The first-order valence-electron chi connectivity index (χ1n) is 8.79. The number of carbonyl (C=O) groups excluding carboxylic acids is 1. The monoisotopic (exact) mass is 367 g/mol. The van der Waals surface area contributed by atoms with Crippen LogP contribution < -0.4 is 0 Å². The van der Waals surface area contributed by atoms with Crippen molar-refractivity contribution in [3.63, 3.8) is 0 Å². The normalized spacial score (nSPS) is 15.8. The summed E-state index contributed by atoms with van der Waals surface area (Å²) in [4.78, 5) is 21.7. The number of nitrogens with one attached hydrogen (secondary N) is 1. The third-order valence-electron chi connectivity index (χ3n) is 4.69. The average Bonchev–Trinajstić information content (AvgIpc) is 3.33. The number of thiophene rings is 1. The molecule has 7 heteroatoms. The van der Waals surface area contributed by atoms with Crippen LogP contribution in [0.25, 0.3) is 11.4 Å². The first kappa shape index (κ1) is 16.9. The topological polar surface area (TPSA) is 65.1 Å². The SMILES string of the molecule is O=C(c1ccccc1-c1ncn[nH]1)N1CCCN(Cc2ccsc2)CC1. The van der Waals surface area contributed by atoms with Gasteiger partial charge in [-0.1, -0.05) is 18.2 Å². The van der Waals surface area contributed by atoms with Crippen LogP contribution in [0.4, 0.5) is 0 Å². The Bertz CT molecular complexity index is 847. The Kier molecular flexibility index (Phi) is 5.08. The number of amides is 1. The summed E-state index contributed by atoms with van der Waals surface area (Å²) in [6.07, 6.45) is 2.45. The molecule has 4 rings (SSSR count). The van der Waals surface area contributed by atoms with E-state index in [0.29, 0.717) is 11.4 Å². The van der Waals surface area contributed by atoms with Gasteiger partial charge in [-0.25, -0.2) is 4.98 Å². The molecule has 3 aromatic rings. The van der Waals surface area contributed by atoms with Crippen LogP contribution >= 0.6 is 11.3 Å². The fourth-order valence-corrected chi connectivity index (χ4v) is 4.01. The van der Waals surface area contributed by atoms with Crippen LogP contribution in [0.5, 0.6) is 0 Å². The van der Waals surface area contributed by atoms with E-state index in [0.717, 1.165) is 44.7 Å². The number of rotatable bonds is 4. The molecule has 0 bridgehead atoms. The smallest absolute Gasteiger partial charge is 0.254 e. The van der Waals surface area contributed by atoms with Gasteiger partial charge in [0.1, 0.15) is 6.33 Å². The zero-order chi connectivity index (χ0) is 17.8. The Hall–Kier alpha value is -2.51. The summed E-state index contributed by atoms with van der Waals surface area (Å²) in [5.41, 5.74) is 2.83. The van der Waals surface area contributed by atoms with Crippen molar-refractivity contribution in [3.8, 4) is 11.4 Å². The first-order valence-corrected chi connectivity index (χ1v) is 9.73. The van der Waals surface area contributed by atoms with Gasteiger partial charge < -0.3 is 4.90 Å². The standard InChI is InChI=1S/C19H21N5OS/c25-19(17-5-2-1-4-16(17)18-20-14-21-22-18)24-8-3-7-23(9-10-24)12-15-6-11-26-13-15/h1-2,4-6,11,13-14H,3,7-10,12H2,(H,20,21,22). The van der Waals surface area contributed by atoms with Crippen LogP contribution in [0.3, 0.4) is 0 Å². The largest absolute Gasteiger partial charge is 0.337 e. The lowest BCUT2D eigenvalue weighted by molar-refractivity contribution is 0.0762. The maximum Gasteiger partial charge on any atom is 0.254 e. The second kappa shape index (κ2) is 7.80. The predicted octanol–water partition coefficient (Wildman–Crippen LogP) is 2.88. The quantitative estimate of drug-likeness (QED) is 0.770. The van der Waals surface area contributed by atoms with Gasteiger partial charge in [0.05, 0.1) is 5.56 Å². The lowest BCUT2D eigenvalue weighted by Gasteiger charge is -2.22. The van der Waals surface area contributed by atoms with Crippen LogP contribution in [0.15, 0.2) is 47.4 Å². The van der Waals surface area contributed by atoms with Crippen LogP contribution in [-0.4, -0.2) is 57.1 Å². The number of aromatic amines is 1. The van der Waals surface area contributed by atoms with Crippen LogP contribution in [0, 0.1) is 0 Å². The van der Waals surface area contributed by atoms with E-state index >= 15 is 0 Å². The van der Waals surface area contributed by atoms with Crippen LogP contribution in [0.1, 0.15) is 22.3 Å². The van der Waals surface area contributed by atoms with Gasteiger partial charge in [-0.05, 0) is 34.9 Å². The lowest BCUT2D eigenvalue weighted by atomic mass is 10.1. The summed E-state index contributed by atoms with van der Waals surface area (Å²) in [5, 5.41) is 11.1. The lowest BCUT2D eigenvalue weighted by Crippen LogP contribution is -2.35. The van der Waals surface area contributed by atoms with Crippen molar-refractivity contribution in [2.75, 3.05) is 26.2 Å². The van der Waals surface area contributed by atoms with Gasteiger partial charge in [0.2, 0.25) is 0 Å². The molecule has 26 heavy (non-hydrogen) atoms. The Morgan fingerprint density at radius 3 is 2.88 bits per heavy atom. The third-order valence-corrected chi connectivity index (χ3v) is 5.42. The highest BCUT2D eigenvalue weighted by atomic mass is 32.1. The average molecular weight is 367 g/mol. The summed E-state index contributed by atoms with van der Waals surface area (Å²) < 4.78 is 0. The number of benzene rings is 1. The van der Waals surface area contributed by atoms with Crippen molar-refractivity contribution >= 4 is 17.2 Å². The van der Waals surface area contributed by atoms with Crippen molar-refractivity contribution in [2.24, 2.45) is 0 Å². The summed E-state index contributed by atoms with van der Waals surface area (Å²) in [6, 6.07) is 9.77. The van der Waals surface area contributed by atoms with Gasteiger partial charge in [0.25, 0.3) is 5.91 Å². The Morgan fingerprint density at radius 2 is 2.08 bits per heavy atom. The molecule has 0 saturated carbocycles. The van der Waals surface area contributed by atoms with Gasteiger partial charge in [-0.15, -0.1) is 0 Å². The molecule has 1 aliphatic heterocycles. The van der Waals surface area contributed by atoms with Gasteiger partial charge in [-0.2, -0.15) is 16.4 Å².